The lowest BCUT2D eigenvalue weighted by Gasteiger charge is -2.16. The van der Waals surface area contributed by atoms with Gasteiger partial charge >= 0.3 is 0 Å². The van der Waals surface area contributed by atoms with Crippen molar-refractivity contribution in [1.29, 1.82) is 0 Å². The number of rotatable bonds is 7. The predicted octanol–water partition coefficient (Wildman–Crippen LogP) is 3.48. The maximum atomic E-state index is 10.6. The molecule has 1 unspecified atom stereocenters. The van der Waals surface area contributed by atoms with Gasteiger partial charge in [-0.05, 0) is 43.3 Å². The highest BCUT2D eigenvalue weighted by Gasteiger charge is 2.06. The minimum absolute atomic E-state index is 0.0522. The molecule has 0 saturated carbocycles. The fourth-order valence-corrected chi connectivity index (χ4v) is 1.89. The maximum absolute atomic E-state index is 10.6. The second-order valence-electron chi connectivity index (χ2n) is 4.79. The van der Waals surface area contributed by atoms with Crippen LogP contribution in [0.5, 0.6) is 11.5 Å². The highest BCUT2D eigenvalue weighted by molar-refractivity contribution is 5.48. The molecule has 0 aliphatic carbocycles. The molecule has 0 fully saturated rings. The van der Waals surface area contributed by atoms with E-state index in [1.807, 2.05) is 31.2 Å². The summed E-state index contributed by atoms with van der Waals surface area (Å²) < 4.78 is 10.9. The van der Waals surface area contributed by atoms with E-state index in [2.05, 4.69) is 5.32 Å². The Labute approximate surface area is 128 Å². The van der Waals surface area contributed by atoms with Gasteiger partial charge in [-0.25, -0.2) is 0 Å². The summed E-state index contributed by atoms with van der Waals surface area (Å²) in [5, 5.41) is 13.8. The molecule has 6 nitrogen and oxygen atoms in total. The van der Waals surface area contributed by atoms with Gasteiger partial charge in [-0.2, -0.15) is 0 Å². The zero-order valence-electron chi connectivity index (χ0n) is 12.5. The molecule has 2 rings (SSSR count). The summed E-state index contributed by atoms with van der Waals surface area (Å²) in [4.78, 5) is 10.2. The van der Waals surface area contributed by atoms with Crippen LogP contribution in [0.2, 0.25) is 0 Å². The summed E-state index contributed by atoms with van der Waals surface area (Å²) >= 11 is 0. The fraction of sp³-hybridized carbons (Fsp3) is 0.250. The summed E-state index contributed by atoms with van der Waals surface area (Å²) in [6, 6.07) is 13.7. The summed E-state index contributed by atoms with van der Waals surface area (Å²) in [6.07, 6.45) is -0.0522. The Kier molecular flexibility index (Phi) is 5.19. The first-order valence-corrected chi connectivity index (χ1v) is 6.87. The van der Waals surface area contributed by atoms with Crippen molar-refractivity contribution in [2.24, 2.45) is 0 Å². The highest BCUT2D eigenvalue weighted by atomic mass is 16.6. The second-order valence-corrected chi connectivity index (χ2v) is 4.79. The molecule has 1 atom stereocenters. The number of ether oxygens (including phenoxy) is 2. The molecule has 0 bridgehead atoms. The molecule has 22 heavy (non-hydrogen) atoms. The Morgan fingerprint density at radius 1 is 1.09 bits per heavy atom. The van der Waals surface area contributed by atoms with Crippen LogP contribution in [0.3, 0.4) is 0 Å². The van der Waals surface area contributed by atoms with E-state index in [1.54, 1.807) is 19.2 Å². The molecule has 2 aromatic rings. The number of anilines is 1. The van der Waals surface area contributed by atoms with E-state index in [9.17, 15) is 10.1 Å². The van der Waals surface area contributed by atoms with Crippen molar-refractivity contribution in [2.45, 2.75) is 13.0 Å². The van der Waals surface area contributed by atoms with Gasteiger partial charge in [0.2, 0.25) is 0 Å². The zero-order valence-corrected chi connectivity index (χ0v) is 12.5. The highest BCUT2D eigenvalue weighted by Crippen LogP contribution is 2.19. The molecule has 0 aliphatic rings. The van der Waals surface area contributed by atoms with Crippen LogP contribution in [-0.4, -0.2) is 24.7 Å². The van der Waals surface area contributed by atoms with E-state index in [4.69, 9.17) is 9.47 Å². The smallest absolute Gasteiger partial charge is 0.269 e. The van der Waals surface area contributed by atoms with Gasteiger partial charge in [0, 0.05) is 17.8 Å². The minimum atomic E-state index is -0.417. The van der Waals surface area contributed by atoms with Crippen LogP contribution in [0, 0.1) is 10.1 Å². The normalized spacial score (nSPS) is 11.5. The molecule has 6 heteroatoms. The van der Waals surface area contributed by atoms with Crippen molar-refractivity contribution in [1.82, 2.24) is 0 Å². The molecule has 0 heterocycles. The van der Waals surface area contributed by atoms with Gasteiger partial charge in [-0.1, -0.05) is 0 Å². The number of non-ortho nitro benzene ring substituents is 1. The van der Waals surface area contributed by atoms with E-state index in [-0.39, 0.29) is 11.8 Å². The third-order valence-corrected chi connectivity index (χ3v) is 3.07. The summed E-state index contributed by atoms with van der Waals surface area (Å²) in [5.74, 6) is 1.54. The molecule has 0 aromatic heterocycles. The Hall–Kier alpha value is -2.76. The first kappa shape index (κ1) is 15.6. The lowest BCUT2D eigenvalue weighted by Crippen LogP contribution is -2.22. The first-order valence-electron chi connectivity index (χ1n) is 6.87. The number of hydrogen-bond donors (Lipinski definition) is 1. The van der Waals surface area contributed by atoms with Gasteiger partial charge in [0.25, 0.3) is 5.69 Å². The quantitative estimate of drug-likeness (QED) is 0.626. The van der Waals surface area contributed by atoms with E-state index < -0.39 is 4.92 Å². The number of hydrogen-bond acceptors (Lipinski definition) is 5. The number of nitrogens with zero attached hydrogens (tertiary/aromatic N) is 1. The summed E-state index contributed by atoms with van der Waals surface area (Å²) in [6.45, 7) is 2.53. The van der Waals surface area contributed by atoms with Crippen molar-refractivity contribution in [3.63, 3.8) is 0 Å². The average Bonchev–Trinajstić information content (AvgIpc) is 2.54. The number of nitro groups is 1. The molecule has 2 aromatic carbocycles. The van der Waals surface area contributed by atoms with Crippen LogP contribution in [-0.2, 0) is 0 Å². The van der Waals surface area contributed by atoms with E-state index >= 15 is 0 Å². The predicted molar refractivity (Wildman–Crippen MR) is 84.7 cm³/mol. The topological polar surface area (TPSA) is 73.6 Å². The second kappa shape index (κ2) is 7.31. The molecule has 1 N–H and O–H groups in total. The van der Waals surface area contributed by atoms with Crippen molar-refractivity contribution < 1.29 is 14.4 Å². The number of nitrogens with one attached hydrogen (secondary N) is 1. The SMILES string of the molecule is COc1ccc(OC(C)CNc2ccc([N+](=O)[O-])cc2)cc1. The van der Waals surface area contributed by atoms with Crippen LogP contribution in [0.4, 0.5) is 11.4 Å². The van der Waals surface area contributed by atoms with Crippen molar-refractivity contribution >= 4 is 11.4 Å². The van der Waals surface area contributed by atoms with Crippen molar-refractivity contribution in [3.8, 4) is 11.5 Å². The monoisotopic (exact) mass is 302 g/mol. The van der Waals surface area contributed by atoms with Crippen LogP contribution in [0.1, 0.15) is 6.92 Å². The van der Waals surface area contributed by atoms with Crippen LogP contribution < -0.4 is 14.8 Å². The number of benzene rings is 2. The Balaban J connectivity index is 1.83. The standard InChI is InChI=1S/C16H18N2O4/c1-12(22-16-9-7-15(21-2)8-10-16)11-17-13-3-5-14(6-4-13)18(19)20/h3-10,12,17H,11H2,1-2H3. The molecule has 0 radical (unpaired) electrons. The van der Waals surface area contributed by atoms with Gasteiger partial charge < -0.3 is 14.8 Å². The fourth-order valence-electron chi connectivity index (χ4n) is 1.89. The molecule has 0 spiro atoms. The average molecular weight is 302 g/mol. The van der Waals surface area contributed by atoms with Crippen LogP contribution >= 0.6 is 0 Å². The van der Waals surface area contributed by atoms with Gasteiger partial charge in [0.15, 0.2) is 0 Å². The van der Waals surface area contributed by atoms with E-state index in [0.29, 0.717) is 6.54 Å². The summed E-state index contributed by atoms with van der Waals surface area (Å²) in [7, 11) is 1.62. The lowest BCUT2D eigenvalue weighted by atomic mass is 10.2. The molecule has 0 amide bonds. The van der Waals surface area contributed by atoms with E-state index in [1.165, 1.54) is 12.1 Å². The molecule has 0 aliphatic heterocycles. The first-order chi connectivity index (χ1) is 10.6. The molecule has 116 valence electrons. The lowest BCUT2D eigenvalue weighted by molar-refractivity contribution is -0.384. The molecule has 0 saturated heterocycles. The van der Waals surface area contributed by atoms with Gasteiger partial charge in [-0.3, -0.25) is 10.1 Å². The molecular formula is C16H18N2O4. The Morgan fingerprint density at radius 2 is 1.68 bits per heavy atom. The van der Waals surface area contributed by atoms with Gasteiger partial charge in [0.1, 0.15) is 17.6 Å². The largest absolute Gasteiger partial charge is 0.497 e. The van der Waals surface area contributed by atoms with Crippen molar-refractivity contribution in [3.05, 3.63) is 58.6 Å². The zero-order chi connectivity index (χ0) is 15.9. The third-order valence-electron chi connectivity index (χ3n) is 3.07. The molecular weight excluding hydrogens is 284 g/mol. The summed E-state index contributed by atoms with van der Waals surface area (Å²) in [5.41, 5.74) is 0.892. The Morgan fingerprint density at radius 3 is 2.23 bits per heavy atom. The van der Waals surface area contributed by atoms with Gasteiger partial charge in [0.05, 0.1) is 18.6 Å². The van der Waals surface area contributed by atoms with Gasteiger partial charge in [-0.15, -0.1) is 0 Å². The minimum Gasteiger partial charge on any atom is -0.497 e. The number of methoxy groups -OCH3 is 1. The van der Waals surface area contributed by atoms with Crippen molar-refractivity contribution in [2.75, 3.05) is 19.0 Å². The third kappa shape index (κ3) is 4.37. The van der Waals surface area contributed by atoms with Crippen LogP contribution in [0.15, 0.2) is 48.5 Å². The maximum Gasteiger partial charge on any atom is 0.269 e. The van der Waals surface area contributed by atoms with E-state index in [0.717, 1.165) is 17.2 Å². The Bertz CT molecular complexity index is 611. The van der Waals surface area contributed by atoms with Crippen LogP contribution in [0.25, 0.3) is 0 Å². The number of nitro benzene ring substituents is 1.